The normalized spacial score (nSPS) is 14.5. The Hall–Kier alpha value is -2.12. The van der Waals surface area contributed by atoms with E-state index in [-0.39, 0.29) is 5.91 Å². The highest BCUT2D eigenvalue weighted by molar-refractivity contribution is 7.98. The molecule has 146 valence electrons. The molecule has 2 aromatic heterocycles. The van der Waals surface area contributed by atoms with Gasteiger partial charge in [0.25, 0.3) is 5.91 Å². The molecule has 0 saturated carbocycles. The van der Waals surface area contributed by atoms with Crippen LogP contribution in [0.1, 0.15) is 40.1 Å². The predicted molar refractivity (Wildman–Crippen MR) is 119 cm³/mol. The number of hydrogen-bond donors (Lipinski definition) is 1. The molecule has 0 aliphatic carbocycles. The zero-order valence-electron chi connectivity index (χ0n) is 16.4. The Bertz CT molecular complexity index is 1020. The lowest BCUT2D eigenvalue weighted by atomic mass is 10.1. The summed E-state index contributed by atoms with van der Waals surface area (Å²) in [6, 6.07) is 8.00. The maximum Gasteiger partial charge on any atom is 0.265 e. The summed E-state index contributed by atoms with van der Waals surface area (Å²) < 4.78 is 0. The van der Waals surface area contributed by atoms with Crippen molar-refractivity contribution in [3.05, 3.63) is 40.3 Å². The highest BCUT2D eigenvalue weighted by Gasteiger charge is 2.21. The monoisotopic (exact) mass is 412 g/mol. The minimum atomic E-state index is -0.0924. The Balaban J connectivity index is 1.69. The lowest BCUT2D eigenvalue weighted by molar-refractivity contribution is 0.103. The van der Waals surface area contributed by atoms with Crippen molar-refractivity contribution in [1.29, 1.82) is 0 Å². The van der Waals surface area contributed by atoms with Crippen molar-refractivity contribution in [1.82, 2.24) is 9.97 Å². The number of thiophene rings is 1. The molecule has 1 saturated heterocycles. The van der Waals surface area contributed by atoms with Gasteiger partial charge >= 0.3 is 0 Å². The summed E-state index contributed by atoms with van der Waals surface area (Å²) in [5.41, 5.74) is 3.09. The van der Waals surface area contributed by atoms with Gasteiger partial charge in [0, 0.05) is 18.8 Å². The second kappa shape index (κ2) is 8.09. The van der Waals surface area contributed by atoms with Gasteiger partial charge in [0.15, 0.2) is 5.16 Å². The first-order valence-electron chi connectivity index (χ1n) is 9.54. The van der Waals surface area contributed by atoms with Crippen molar-refractivity contribution in [3.63, 3.8) is 0 Å². The lowest BCUT2D eigenvalue weighted by Gasteiger charge is -2.28. The summed E-state index contributed by atoms with van der Waals surface area (Å²) >= 11 is 2.98. The molecule has 5 nitrogen and oxygen atoms in total. The molecule has 0 spiro atoms. The summed E-state index contributed by atoms with van der Waals surface area (Å²) in [6.45, 7) is 6.09. The van der Waals surface area contributed by atoms with Gasteiger partial charge in [0.1, 0.15) is 10.6 Å². The van der Waals surface area contributed by atoms with Crippen LogP contribution in [0.2, 0.25) is 0 Å². The van der Waals surface area contributed by atoms with Gasteiger partial charge in [-0.1, -0.05) is 29.5 Å². The number of carbonyl (C=O) groups excluding carboxylic acids is 1. The molecule has 0 unspecified atom stereocenters. The summed E-state index contributed by atoms with van der Waals surface area (Å²) in [7, 11) is 0. The molecule has 0 atom stereocenters. The summed E-state index contributed by atoms with van der Waals surface area (Å²) in [6.07, 6.45) is 5.63. The fourth-order valence-corrected chi connectivity index (χ4v) is 4.91. The Morgan fingerprint density at radius 1 is 1.14 bits per heavy atom. The largest absolute Gasteiger partial charge is 0.356 e. The van der Waals surface area contributed by atoms with E-state index in [0.29, 0.717) is 4.88 Å². The Morgan fingerprint density at radius 3 is 2.64 bits per heavy atom. The first-order valence-corrected chi connectivity index (χ1v) is 11.6. The number of aryl methyl sites for hydroxylation is 2. The molecule has 1 amide bonds. The molecule has 3 heterocycles. The summed E-state index contributed by atoms with van der Waals surface area (Å²) in [5, 5.41) is 4.79. The average molecular weight is 413 g/mol. The highest BCUT2D eigenvalue weighted by atomic mass is 32.2. The van der Waals surface area contributed by atoms with E-state index in [1.165, 1.54) is 36.2 Å². The molecule has 3 aromatic rings. The lowest BCUT2D eigenvalue weighted by Crippen LogP contribution is -2.30. The fraction of sp³-hybridized carbons (Fsp3) is 0.381. The Labute approximate surface area is 173 Å². The van der Waals surface area contributed by atoms with Crippen molar-refractivity contribution in [2.75, 3.05) is 29.6 Å². The molecule has 1 fully saturated rings. The van der Waals surface area contributed by atoms with Crippen LogP contribution in [-0.4, -0.2) is 35.2 Å². The smallest absolute Gasteiger partial charge is 0.265 e. The number of fused-ring (bicyclic) bond motifs is 1. The Morgan fingerprint density at radius 2 is 1.93 bits per heavy atom. The van der Waals surface area contributed by atoms with E-state index in [2.05, 4.69) is 28.2 Å². The molecule has 1 N–H and O–H groups in total. The van der Waals surface area contributed by atoms with E-state index >= 15 is 0 Å². The van der Waals surface area contributed by atoms with Crippen LogP contribution in [-0.2, 0) is 0 Å². The van der Waals surface area contributed by atoms with Gasteiger partial charge in [-0.15, -0.1) is 11.3 Å². The summed E-state index contributed by atoms with van der Waals surface area (Å²) in [4.78, 5) is 26.2. The van der Waals surface area contributed by atoms with E-state index in [9.17, 15) is 4.79 Å². The van der Waals surface area contributed by atoms with Crippen molar-refractivity contribution >= 4 is 50.7 Å². The number of rotatable bonds is 4. The molecule has 0 bridgehead atoms. The zero-order valence-corrected chi connectivity index (χ0v) is 18.0. The van der Waals surface area contributed by atoms with Crippen LogP contribution in [0.3, 0.4) is 0 Å². The summed E-state index contributed by atoms with van der Waals surface area (Å²) in [5.74, 6) is 0.876. The van der Waals surface area contributed by atoms with Crippen LogP contribution in [0.25, 0.3) is 10.2 Å². The zero-order chi connectivity index (χ0) is 19.7. The second-order valence-electron chi connectivity index (χ2n) is 7.18. The van der Waals surface area contributed by atoms with Gasteiger partial charge in [-0.2, -0.15) is 0 Å². The van der Waals surface area contributed by atoms with E-state index in [1.54, 1.807) is 11.8 Å². The van der Waals surface area contributed by atoms with E-state index in [1.807, 2.05) is 31.4 Å². The minimum absolute atomic E-state index is 0.0924. The van der Waals surface area contributed by atoms with Crippen LogP contribution in [0, 0.1) is 13.8 Å². The van der Waals surface area contributed by atoms with Crippen LogP contribution in [0.5, 0.6) is 0 Å². The number of benzene rings is 1. The predicted octanol–water partition coefficient (Wildman–Crippen LogP) is 5.27. The third kappa shape index (κ3) is 3.86. The van der Waals surface area contributed by atoms with Gasteiger partial charge in [0.2, 0.25) is 0 Å². The van der Waals surface area contributed by atoms with Crippen molar-refractivity contribution in [3.8, 4) is 0 Å². The number of thioether (sulfide) groups is 1. The first kappa shape index (κ1) is 19.2. The van der Waals surface area contributed by atoms with E-state index < -0.39 is 0 Å². The topological polar surface area (TPSA) is 58.1 Å². The van der Waals surface area contributed by atoms with Gasteiger partial charge in [-0.05, 0) is 57.1 Å². The number of amides is 1. The molecule has 1 aliphatic heterocycles. The van der Waals surface area contributed by atoms with Crippen molar-refractivity contribution < 1.29 is 4.79 Å². The van der Waals surface area contributed by atoms with E-state index in [0.717, 1.165) is 45.5 Å². The SMILES string of the molecule is CSc1nc(N2CCCCC2)c2cc(C(=O)Nc3ccc(C)cc3C)sc2n1. The molecule has 1 aliphatic rings. The molecular weight excluding hydrogens is 388 g/mol. The molecule has 28 heavy (non-hydrogen) atoms. The first-order chi connectivity index (χ1) is 13.5. The fourth-order valence-electron chi connectivity index (χ4n) is 3.58. The third-order valence-electron chi connectivity index (χ3n) is 5.04. The second-order valence-corrected chi connectivity index (χ2v) is 8.99. The number of nitrogens with one attached hydrogen (secondary N) is 1. The highest BCUT2D eigenvalue weighted by Crippen LogP contribution is 2.34. The van der Waals surface area contributed by atoms with Crippen LogP contribution in [0.15, 0.2) is 29.4 Å². The van der Waals surface area contributed by atoms with Gasteiger partial charge in [-0.3, -0.25) is 4.79 Å². The van der Waals surface area contributed by atoms with Gasteiger partial charge in [-0.25, -0.2) is 9.97 Å². The van der Waals surface area contributed by atoms with Crippen LogP contribution >= 0.6 is 23.1 Å². The maximum atomic E-state index is 12.9. The Kier molecular flexibility index (Phi) is 5.55. The van der Waals surface area contributed by atoms with Crippen molar-refractivity contribution in [2.45, 2.75) is 38.3 Å². The standard InChI is InChI=1S/C21H24N4OS2/c1-13-7-8-16(14(2)11-13)22-19(26)17-12-15-18(25-9-5-4-6-10-25)23-21(27-3)24-20(15)28-17/h7-8,11-12H,4-6,9-10H2,1-3H3,(H,22,26). The van der Waals surface area contributed by atoms with Gasteiger partial charge < -0.3 is 10.2 Å². The molecule has 0 radical (unpaired) electrons. The average Bonchev–Trinajstić information content (AvgIpc) is 3.14. The van der Waals surface area contributed by atoms with Crippen molar-refractivity contribution in [2.24, 2.45) is 0 Å². The number of hydrogen-bond acceptors (Lipinski definition) is 6. The maximum absolute atomic E-state index is 12.9. The van der Waals surface area contributed by atoms with E-state index in [4.69, 9.17) is 4.98 Å². The van der Waals surface area contributed by atoms with Crippen LogP contribution in [0.4, 0.5) is 11.5 Å². The molecule has 4 rings (SSSR count). The number of anilines is 2. The number of carbonyl (C=O) groups is 1. The minimum Gasteiger partial charge on any atom is -0.356 e. The number of piperidine rings is 1. The van der Waals surface area contributed by atoms with Crippen LogP contribution < -0.4 is 10.2 Å². The molecule has 7 heteroatoms. The third-order valence-corrected chi connectivity index (χ3v) is 6.62. The molecular formula is C21H24N4OS2. The molecule has 1 aromatic carbocycles. The number of aromatic nitrogens is 2. The number of nitrogens with zero attached hydrogens (tertiary/aromatic N) is 3. The van der Waals surface area contributed by atoms with Gasteiger partial charge in [0.05, 0.1) is 10.3 Å². The quantitative estimate of drug-likeness (QED) is 0.467.